The number of piperidine rings is 1. The summed E-state index contributed by atoms with van der Waals surface area (Å²) in [5.74, 6) is 6.83. The molecule has 0 amide bonds. The van der Waals surface area contributed by atoms with Crippen LogP contribution in [0.15, 0.2) is 29.4 Å². The van der Waals surface area contributed by atoms with Crippen LogP contribution in [0.2, 0.25) is 0 Å². The Labute approximate surface area is 115 Å². The number of ether oxygens (including phenoxy) is 1. The van der Waals surface area contributed by atoms with Gasteiger partial charge in [0.05, 0.1) is 6.21 Å². The van der Waals surface area contributed by atoms with E-state index in [1.807, 2.05) is 24.3 Å². The number of nitrogens with zero attached hydrogens (tertiary/aromatic N) is 2. The second kappa shape index (κ2) is 7.14. The van der Waals surface area contributed by atoms with Gasteiger partial charge in [-0.05, 0) is 55.1 Å². The van der Waals surface area contributed by atoms with Crippen molar-refractivity contribution in [2.45, 2.75) is 19.8 Å². The van der Waals surface area contributed by atoms with Crippen molar-refractivity contribution >= 4 is 6.21 Å². The van der Waals surface area contributed by atoms with Crippen LogP contribution in [-0.4, -0.2) is 37.4 Å². The van der Waals surface area contributed by atoms with Crippen molar-refractivity contribution in [1.82, 2.24) is 4.90 Å². The van der Waals surface area contributed by atoms with Crippen LogP contribution in [0.4, 0.5) is 0 Å². The minimum Gasteiger partial charge on any atom is -0.492 e. The van der Waals surface area contributed by atoms with Crippen LogP contribution in [-0.2, 0) is 0 Å². The Morgan fingerprint density at radius 1 is 1.42 bits per heavy atom. The molecular weight excluding hydrogens is 238 g/mol. The SMILES string of the molecule is CC1CCCN(CCOc2ccc(C=NN)cc2)C1. The maximum atomic E-state index is 5.76. The molecule has 4 heteroatoms. The summed E-state index contributed by atoms with van der Waals surface area (Å²) in [6.07, 6.45) is 4.30. The highest BCUT2D eigenvalue weighted by Gasteiger charge is 2.15. The summed E-state index contributed by atoms with van der Waals surface area (Å²) in [6, 6.07) is 7.81. The van der Waals surface area contributed by atoms with Gasteiger partial charge in [-0.1, -0.05) is 6.92 Å². The fraction of sp³-hybridized carbons (Fsp3) is 0.533. The summed E-state index contributed by atoms with van der Waals surface area (Å²) in [5, 5.41) is 3.49. The second-order valence-electron chi connectivity index (χ2n) is 5.24. The third-order valence-corrected chi connectivity index (χ3v) is 3.52. The molecule has 1 atom stereocenters. The quantitative estimate of drug-likeness (QED) is 0.501. The first-order valence-electron chi connectivity index (χ1n) is 6.96. The highest BCUT2D eigenvalue weighted by molar-refractivity contribution is 5.79. The average molecular weight is 261 g/mol. The Morgan fingerprint density at radius 2 is 2.21 bits per heavy atom. The van der Waals surface area contributed by atoms with E-state index in [9.17, 15) is 0 Å². The molecule has 1 saturated heterocycles. The minimum atomic E-state index is 0.747. The predicted molar refractivity (Wildman–Crippen MR) is 78.6 cm³/mol. The summed E-state index contributed by atoms with van der Waals surface area (Å²) in [4.78, 5) is 2.49. The largest absolute Gasteiger partial charge is 0.492 e. The van der Waals surface area contributed by atoms with Gasteiger partial charge in [0, 0.05) is 13.1 Å². The van der Waals surface area contributed by atoms with Gasteiger partial charge in [0.1, 0.15) is 12.4 Å². The number of hydrogen-bond donors (Lipinski definition) is 1. The molecule has 1 aromatic carbocycles. The number of nitrogens with two attached hydrogens (primary N) is 1. The fourth-order valence-corrected chi connectivity index (χ4v) is 2.52. The molecule has 104 valence electrons. The number of likely N-dealkylation sites (tertiary alicyclic amines) is 1. The molecule has 1 aliphatic rings. The molecule has 0 radical (unpaired) electrons. The Hall–Kier alpha value is -1.55. The zero-order chi connectivity index (χ0) is 13.5. The summed E-state index contributed by atoms with van der Waals surface area (Å²) in [7, 11) is 0. The fourth-order valence-electron chi connectivity index (χ4n) is 2.52. The van der Waals surface area contributed by atoms with Crippen molar-refractivity contribution in [2.75, 3.05) is 26.2 Å². The van der Waals surface area contributed by atoms with Gasteiger partial charge >= 0.3 is 0 Å². The normalized spacial score (nSPS) is 20.8. The van der Waals surface area contributed by atoms with Crippen molar-refractivity contribution in [3.63, 3.8) is 0 Å². The van der Waals surface area contributed by atoms with Crippen LogP contribution < -0.4 is 10.6 Å². The molecule has 2 rings (SSSR count). The van der Waals surface area contributed by atoms with Crippen LogP contribution in [0.5, 0.6) is 5.75 Å². The maximum Gasteiger partial charge on any atom is 0.119 e. The topological polar surface area (TPSA) is 50.8 Å². The lowest BCUT2D eigenvalue weighted by atomic mass is 10.0. The van der Waals surface area contributed by atoms with E-state index in [-0.39, 0.29) is 0 Å². The molecule has 0 aromatic heterocycles. The van der Waals surface area contributed by atoms with Crippen LogP contribution in [0.3, 0.4) is 0 Å². The molecule has 4 nitrogen and oxygen atoms in total. The van der Waals surface area contributed by atoms with Gasteiger partial charge in [-0.2, -0.15) is 5.10 Å². The van der Waals surface area contributed by atoms with E-state index in [0.29, 0.717) is 0 Å². The van der Waals surface area contributed by atoms with E-state index in [4.69, 9.17) is 10.6 Å². The lowest BCUT2D eigenvalue weighted by Gasteiger charge is -2.30. The number of hydrazone groups is 1. The second-order valence-corrected chi connectivity index (χ2v) is 5.24. The molecule has 1 aromatic rings. The van der Waals surface area contributed by atoms with Gasteiger partial charge in [0.2, 0.25) is 0 Å². The molecular formula is C15H23N3O. The van der Waals surface area contributed by atoms with Crippen molar-refractivity contribution in [1.29, 1.82) is 0 Å². The van der Waals surface area contributed by atoms with Gasteiger partial charge in [0.15, 0.2) is 0 Å². The lowest BCUT2D eigenvalue weighted by Crippen LogP contribution is -2.37. The number of hydrogen-bond acceptors (Lipinski definition) is 4. The van der Waals surface area contributed by atoms with E-state index >= 15 is 0 Å². The zero-order valence-electron chi connectivity index (χ0n) is 11.6. The first-order chi connectivity index (χ1) is 9.28. The van der Waals surface area contributed by atoms with Gasteiger partial charge in [-0.15, -0.1) is 0 Å². The highest BCUT2D eigenvalue weighted by Crippen LogP contribution is 2.15. The first-order valence-corrected chi connectivity index (χ1v) is 6.96. The van der Waals surface area contributed by atoms with Crippen LogP contribution >= 0.6 is 0 Å². The summed E-state index contributed by atoms with van der Waals surface area (Å²) in [5.41, 5.74) is 0.986. The Bertz CT molecular complexity index is 402. The molecule has 2 N–H and O–H groups in total. The summed E-state index contributed by atoms with van der Waals surface area (Å²) >= 11 is 0. The molecule has 0 bridgehead atoms. The average Bonchev–Trinajstić information content (AvgIpc) is 2.41. The zero-order valence-corrected chi connectivity index (χ0v) is 11.6. The number of rotatable bonds is 5. The minimum absolute atomic E-state index is 0.747. The van der Waals surface area contributed by atoms with E-state index < -0.39 is 0 Å². The smallest absolute Gasteiger partial charge is 0.119 e. The van der Waals surface area contributed by atoms with E-state index in [2.05, 4.69) is 16.9 Å². The van der Waals surface area contributed by atoms with E-state index in [0.717, 1.165) is 30.4 Å². The van der Waals surface area contributed by atoms with Gasteiger partial charge in [-0.25, -0.2) is 0 Å². The third-order valence-electron chi connectivity index (χ3n) is 3.52. The maximum absolute atomic E-state index is 5.76. The summed E-state index contributed by atoms with van der Waals surface area (Å²) < 4.78 is 5.76. The van der Waals surface area contributed by atoms with Gasteiger partial charge in [0.25, 0.3) is 0 Å². The van der Waals surface area contributed by atoms with Gasteiger partial charge in [-0.3, -0.25) is 4.90 Å². The first kappa shape index (κ1) is 13.9. The van der Waals surface area contributed by atoms with E-state index in [1.165, 1.54) is 25.9 Å². The summed E-state index contributed by atoms with van der Waals surface area (Å²) in [6.45, 7) is 6.49. The molecule has 1 unspecified atom stereocenters. The van der Waals surface area contributed by atoms with Crippen LogP contribution in [0.1, 0.15) is 25.3 Å². The van der Waals surface area contributed by atoms with Crippen molar-refractivity contribution < 1.29 is 4.74 Å². The molecule has 1 heterocycles. The van der Waals surface area contributed by atoms with E-state index in [1.54, 1.807) is 6.21 Å². The molecule has 1 fully saturated rings. The van der Waals surface area contributed by atoms with Crippen molar-refractivity contribution in [3.05, 3.63) is 29.8 Å². The Morgan fingerprint density at radius 3 is 2.89 bits per heavy atom. The predicted octanol–water partition coefficient (Wildman–Crippen LogP) is 2.09. The highest BCUT2D eigenvalue weighted by atomic mass is 16.5. The monoisotopic (exact) mass is 261 g/mol. The van der Waals surface area contributed by atoms with Crippen molar-refractivity contribution in [3.8, 4) is 5.75 Å². The number of benzene rings is 1. The Balaban J connectivity index is 1.73. The molecule has 0 aliphatic carbocycles. The third kappa shape index (κ3) is 4.56. The van der Waals surface area contributed by atoms with Crippen LogP contribution in [0.25, 0.3) is 0 Å². The molecule has 19 heavy (non-hydrogen) atoms. The standard InChI is InChI=1S/C15H23N3O/c1-13-3-2-8-18(12-13)9-10-19-15-6-4-14(5-7-15)11-17-16/h4-7,11,13H,2-3,8-10,12,16H2,1H3. The Kier molecular flexibility index (Phi) is 5.21. The molecule has 0 spiro atoms. The molecule has 0 saturated carbocycles. The lowest BCUT2D eigenvalue weighted by molar-refractivity contribution is 0.153. The van der Waals surface area contributed by atoms with Gasteiger partial charge < -0.3 is 10.6 Å². The van der Waals surface area contributed by atoms with Crippen molar-refractivity contribution in [2.24, 2.45) is 16.9 Å². The molecule has 1 aliphatic heterocycles. The van der Waals surface area contributed by atoms with Crippen LogP contribution in [0, 0.1) is 5.92 Å².